The highest BCUT2D eigenvalue weighted by atomic mass is 16.4. The lowest BCUT2D eigenvalue weighted by atomic mass is 10.0. The fourth-order valence-electron chi connectivity index (χ4n) is 5.06. The second kappa shape index (κ2) is 12.5. The summed E-state index contributed by atoms with van der Waals surface area (Å²) in [6.45, 7) is -1.62. The number of nitrogens with zero attached hydrogens (tertiary/aromatic N) is 2. The average Bonchev–Trinajstić information content (AvgIpc) is 3.51. The number of aromatic nitrogens is 2. The molecule has 4 rings (SSSR count). The zero-order valence-electron chi connectivity index (χ0n) is 21.5. The van der Waals surface area contributed by atoms with Crippen molar-refractivity contribution in [2.24, 2.45) is 0 Å². The SMILES string of the molecule is O=C(O)CN(CCN(CC(=O)O)[C@@H](Cc1c[nH]c2ccccc12)C(=O)O)[C@@H](Cc1c[nH]c2ccccc12)C(=O)O. The summed E-state index contributed by atoms with van der Waals surface area (Å²) in [7, 11) is 0. The van der Waals surface area contributed by atoms with Crippen LogP contribution >= 0.6 is 0 Å². The van der Waals surface area contributed by atoms with Crippen LogP contribution in [-0.2, 0) is 32.0 Å². The van der Waals surface area contributed by atoms with Gasteiger partial charge in [0.2, 0.25) is 0 Å². The molecule has 0 aliphatic carbocycles. The van der Waals surface area contributed by atoms with Gasteiger partial charge in [0.05, 0.1) is 13.1 Å². The Hall–Kier alpha value is -4.68. The van der Waals surface area contributed by atoms with E-state index in [0.29, 0.717) is 11.1 Å². The minimum Gasteiger partial charge on any atom is -0.480 e. The Balaban J connectivity index is 1.58. The van der Waals surface area contributed by atoms with Crippen molar-refractivity contribution in [3.8, 4) is 0 Å². The second-order valence-electron chi connectivity index (χ2n) is 9.56. The van der Waals surface area contributed by atoms with Gasteiger partial charge in [0, 0.05) is 60.1 Å². The van der Waals surface area contributed by atoms with Crippen LogP contribution in [0.5, 0.6) is 0 Å². The Kier molecular flexibility index (Phi) is 8.82. The van der Waals surface area contributed by atoms with Crippen LogP contribution < -0.4 is 0 Å². The number of H-pyrrole nitrogens is 2. The standard InChI is InChI=1S/C28H30N4O8/c33-25(34)15-31(23(27(37)38)11-17-13-29-21-7-3-1-5-19(17)21)9-10-32(16-26(35)36)24(28(39)40)12-18-14-30-22-8-4-2-6-20(18)22/h1-8,13-14,23-24,29-30H,9-12,15-16H2,(H,33,34)(H,35,36)(H,37,38)(H,39,40)/t23-,24-/m0/s1. The van der Waals surface area contributed by atoms with Crippen molar-refractivity contribution < 1.29 is 39.6 Å². The Morgan fingerprint density at radius 1 is 0.625 bits per heavy atom. The highest BCUT2D eigenvalue weighted by Crippen LogP contribution is 2.23. The predicted octanol–water partition coefficient (Wildman–Crippen LogP) is 2.11. The number of nitrogens with one attached hydrogen (secondary N) is 2. The first-order valence-electron chi connectivity index (χ1n) is 12.6. The molecule has 2 aromatic carbocycles. The number of aromatic amines is 2. The number of carboxylic acids is 4. The van der Waals surface area contributed by atoms with Gasteiger partial charge in [-0.3, -0.25) is 29.0 Å². The molecule has 0 aliphatic rings. The number of para-hydroxylation sites is 2. The summed E-state index contributed by atoms with van der Waals surface area (Å²) in [6.07, 6.45) is 3.34. The topological polar surface area (TPSA) is 187 Å². The van der Waals surface area contributed by atoms with Gasteiger partial charge in [0.15, 0.2) is 0 Å². The second-order valence-corrected chi connectivity index (χ2v) is 9.56. The number of carboxylic acid groups (broad SMARTS) is 4. The number of hydrogen-bond donors (Lipinski definition) is 6. The first-order chi connectivity index (χ1) is 19.1. The third-order valence-corrected chi connectivity index (χ3v) is 6.98. The van der Waals surface area contributed by atoms with Crippen LogP contribution in [0.1, 0.15) is 11.1 Å². The molecule has 0 bridgehead atoms. The number of carbonyl (C=O) groups is 4. The molecule has 2 heterocycles. The van der Waals surface area contributed by atoms with E-state index in [-0.39, 0.29) is 25.9 Å². The van der Waals surface area contributed by atoms with Crippen molar-refractivity contribution in [2.45, 2.75) is 24.9 Å². The van der Waals surface area contributed by atoms with E-state index in [1.807, 2.05) is 48.5 Å². The summed E-state index contributed by atoms with van der Waals surface area (Å²) in [5.74, 6) is -5.01. The maximum Gasteiger partial charge on any atom is 0.321 e. The molecule has 0 aliphatic heterocycles. The molecular weight excluding hydrogens is 520 g/mol. The van der Waals surface area contributed by atoms with E-state index in [2.05, 4.69) is 9.97 Å². The van der Waals surface area contributed by atoms with Crippen LogP contribution in [0.2, 0.25) is 0 Å². The molecule has 12 nitrogen and oxygen atoms in total. The fourth-order valence-corrected chi connectivity index (χ4v) is 5.06. The quantitative estimate of drug-likeness (QED) is 0.128. The molecule has 0 fully saturated rings. The van der Waals surface area contributed by atoms with Crippen LogP contribution in [0, 0.1) is 0 Å². The summed E-state index contributed by atoms with van der Waals surface area (Å²) in [5, 5.41) is 40.8. The van der Waals surface area contributed by atoms with Crippen LogP contribution in [0.3, 0.4) is 0 Å². The van der Waals surface area contributed by atoms with Crippen LogP contribution in [0.25, 0.3) is 21.8 Å². The van der Waals surface area contributed by atoms with Gasteiger partial charge in [0.25, 0.3) is 0 Å². The Labute approximate surface area is 228 Å². The molecule has 2 aromatic heterocycles. The van der Waals surface area contributed by atoms with Crippen LogP contribution in [-0.4, -0.2) is 102 Å². The van der Waals surface area contributed by atoms with Crippen LogP contribution in [0.4, 0.5) is 0 Å². The normalized spacial score (nSPS) is 13.2. The molecule has 6 N–H and O–H groups in total. The van der Waals surface area contributed by atoms with E-state index in [0.717, 1.165) is 21.8 Å². The van der Waals surface area contributed by atoms with E-state index >= 15 is 0 Å². The van der Waals surface area contributed by atoms with Crippen molar-refractivity contribution >= 4 is 45.7 Å². The maximum atomic E-state index is 12.3. The van der Waals surface area contributed by atoms with Gasteiger partial charge < -0.3 is 30.4 Å². The highest BCUT2D eigenvalue weighted by molar-refractivity contribution is 5.85. The van der Waals surface area contributed by atoms with Crippen molar-refractivity contribution in [1.29, 1.82) is 0 Å². The molecule has 40 heavy (non-hydrogen) atoms. The molecule has 0 amide bonds. The van der Waals surface area contributed by atoms with Gasteiger partial charge in [0.1, 0.15) is 12.1 Å². The van der Waals surface area contributed by atoms with E-state index in [1.165, 1.54) is 9.80 Å². The molecule has 0 saturated heterocycles. The Morgan fingerprint density at radius 2 is 1.00 bits per heavy atom. The monoisotopic (exact) mass is 550 g/mol. The predicted molar refractivity (Wildman–Crippen MR) is 145 cm³/mol. The molecule has 0 unspecified atom stereocenters. The lowest BCUT2D eigenvalue weighted by molar-refractivity contribution is -0.150. The molecule has 2 atom stereocenters. The first-order valence-corrected chi connectivity index (χ1v) is 12.6. The zero-order valence-corrected chi connectivity index (χ0v) is 21.5. The van der Waals surface area contributed by atoms with Gasteiger partial charge in [-0.2, -0.15) is 0 Å². The molecule has 4 aromatic rings. The Morgan fingerprint density at radius 3 is 1.35 bits per heavy atom. The highest BCUT2D eigenvalue weighted by Gasteiger charge is 2.32. The largest absolute Gasteiger partial charge is 0.480 e. The number of hydrogen-bond acceptors (Lipinski definition) is 6. The van der Waals surface area contributed by atoms with Crippen LogP contribution in [0.15, 0.2) is 60.9 Å². The fraction of sp³-hybridized carbons (Fsp3) is 0.286. The van der Waals surface area contributed by atoms with Gasteiger partial charge in [-0.25, -0.2) is 0 Å². The number of fused-ring (bicyclic) bond motifs is 2. The van der Waals surface area contributed by atoms with Crippen molar-refractivity contribution in [2.75, 3.05) is 26.2 Å². The maximum absolute atomic E-state index is 12.3. The summed E-state index contributed by atoms with van der Waals surface area (Å²) in [5.41, 5.74) is 2.98. The zero-order chi connectivity index (χ0) is 28.8. The minimum absolute atomic E-state index is 0.0107. The van der Waals surface area contributed by atoms with Crippen molar-refractivity contribution in [1.82, 2.24) is 19.8 Å². The van der Waals surface area contributed by atoms with E-state index in [1.54, 1.807) is 12.4 Å². The van der Waals surface area contributed by atoms with E-state index in [9.17, 15) is 39.6 Å². The summed E-state index contributed by atoms with van der Waals surface area (Å²) in [4.78, 5) is 56.7. The van der Waals surface area contributed by atoms with Gasteiger partial charge >= 0.3 is 23.9 Å². The number of rotatable bonds is 15. The average molecular weight is 551 g/mol. The summed E-state index contributed by atoms with van der Waals surface area (Å²) < 4.78 is 0. The number of aliphatic carboxylic acids is 4. The molecule has 0 saturated carbocycles. The summed E-state index contributed by atoms with van der Waals surface area (Å²) in [6, 6.07) is 12.1. The third kappa shape index (κ3) is 6.65. The Bertz CT molecular complexity index is 1410. The third-order valence-electron chi connectivity index (χ3n) is 6.98. The molecular formula is C28H30N4O8. The minimum atomic E-state index is -1.26. The molecule has 12 heteroatoms. The smallest absolute Gasteiger partial charge is 0.321 e. The van der Waals surface area contributed by atoms with Gasteiger partial charge in [-0.05, 0) is 23.3 Å². The van der Waals surface area contributed by atoms with E-state index < -0.39 is 49.1 Å². The molecule has 0 spiro atoms. The lowest BCUT2D eigenvalue weighted by Crippen LogP contribution is -2.52. The van der Waals surface area contributed by atoms with Crippen molar-refractivity contribution in [3.63, 3.8) is 0 Å². The number of benzene rings is 2. The molecule has 0 radical (unpaired) electrons. The first kappa shape index (κ1) is 28.3. The lowest BCUT2D eigenvalue weighted by Gasteiger charge is -2.32. The molecule has 210 valence electrons. The van der Waals surface area contributed by atoms with Gasteiger partial charge in [-0.15, -0.1) is 0 Å². The van der Waals surface area contributed by atoms with E-state index in [4.69, 9.17) is 0 Å². The van der Waals surface area contributed by atoms with Gasteiger partial charge in [-0.1, -0.05) is 36.4 Å². The summed E-state index contributed by atoms with van der Waals surface area (Å²) >= 11 is 0. The van der Waals surface area contributed by atoms with Crippen molar-refractivity contribution in [3.05, 3.63) is 72.1 Å².